The zero-order valence-corrected chi connectivity index (χ0v) is 10.3. The van der Waals surface area contributed by atoms with Crippen LogP contribution in [0.5, 0.6) is 0 Å². The fourth-order valence-electron chi connectivity index (χ4n) is 1.85. The Kier molecular flexibility index (Phi) is 6.12. The van der Waals surface area contributed by atoms with Gasteiger partial charge in [-0.05, 0) is 30.9 Å². The molecule has 0 aliphatic heterocycles. The second-order valence-electron chi connectivity index (χ2n) is 4.62. The van der Waals surface area contributed by atoms with Crippen molar-refractivity contribution in [2.45, 2.75) is 32.7 Å². The van der Waals surface area contributed by atoms with Crippen LogP contribution < -0.4 is 5.32 Å². The Morgan fingerprint density at radius 3 is 2.44 bits per heavy atom. The van der Waals surface area contributed by atoms with Crippen molar-refractivity contribution in [2.75, 3.05) is 13.2 Å². The molecule has 2 heteroatoms. The molecule has 0 spiro atoms. The molecule has 0 radical (unpaired) electrons. The van der Waals surface area contributed by atoms with Crippen LogP contribution in [0.4, 0.5) is 0 Å². The third kappa shape index (κ3) is 4.77. The van der Waals surface area contributed by atoms with E-state index in [4.69, 9.17) is 5.11 Å². The minimum atomic E-state index is 0.260. The summed E-state index contributed by atoms with van der Waals surface area (Å²) in [6, 6.07) is 10.9. The number of hydrogen-bond donors (Lipinski definition) is 2. The van der Waals surface area contributed by atoms with Crippen LogP contribution >= 0.6 is 0 Å². The number of rotatable bonds is 7. The van der Waals surface area contributed by atoms with Gasteiger partial charge in [0, 0.05) is 12.6 Å². The van der Waals surface area contributed by atoms with E-state index < -0.39 is 0 Å². The number of hydrogen-bond acceptors (Lipinski definition) is 2. The molecule has 1 atom stereocenters. The average molecular weight is 221 g/mol. The quantitative estimate of drug-likeness (QED) is 0.694. The van der Waals surface area contributed by atoms with Crippen molar-refractivity contribution in [1.29, 1.82) is 0 Å². The highest BCUT2D eigenvalue weighted by Crippen LogP contribution is 2.20. The molecule has 2 nitrogen and oxygen atoms in total. The van der Waals surface area contributed by atoms with Gasteiger partial charge in [-0.15, -0.1) is 0 Å². The summed E-state index contributed by atoms with van der Waals surface area (Å²) >= 11 is 0. The minimum Gasteiger partial charge on any atom is -0.396 e. The molecule has 2 N–H and O–H groups in total. The van der Waals surface area contributed by atoms with Gasteiger partial charge < -0.3 is 10.4 Å². The third-order valence-electron chi connectivity index (χ3n) is 2.63. The van der Waals surface area contributed by atoms with Crippen LogP contribution in [0.15, 0.2) is 30.3 Å². The van der Waals surface area contributed by atoms with Crippen LogP contribution in [-0.2, 0) is 0 Å². The Labute approximate surface area is 98.7 Å². The Bertz CT molecular complexity index is 271. The largest absolute Gasteiger partial charge is 0.396 e. The predicted molar refractivity (Wildman–Crippen MR) is 68.3 cm³/mol. The predicted octanol–water partition coefficient (Wildman–Crippen LogP) is 2.75. The second-order valence-corrected chi connectivity index (χ2v) is 4.62. The number of aliphatic hydroxyl groups is 1. The van der Waals surface area contributed by atoms with E-state index in [0.717, 1.165) is 19.4 Å². The highest BCUT2D eigenvalue weighted by Gasteiger charge is 2.11. The fraction of sp³-hybridized carbons (Fsp3) is 0.571. The van der Waals surface area contributed by atoms with E-state index in [0.29, 0.717) is 12.0 Å². The first-order valence-corrected chi connectivity index (χ1v) is 6.13. The van der Waals surface area contributed by atoms with E-state index in [9.17, 15) is 0 Å². The first kappa shape index (κ1) is 13.2. The average Bonchev–Trinajstić information content (AvgIpc) is 2.29. The smallest absolute Gasteiger partial charge is 0.0443 e. The van der Waals surface area contributed by atoms with Crippen molar-refractivity contribution >= 4 is 0 Å². The molecule has 1 unspecified atom stereocenters. The summed E-state index contributed by atoms with van der Waals surface area (Å²) in [5, 5.41) is 12.3. The normalized spacial score (nSPS) is 13.0. The summed E-state index contributed by atoms with van der Waals surface area (Å²) in [5.74, 6) is 0.673. The highest BCUT2D eigenvalue weighted by molar-refractivity contribution is 5.18. The molecule has 0 aromatic heterocycles. The Hall–Kier alpha value is -0.860. The maximum Gasteiger partial charge on any atom is 0.0443 e. The van der Waals surface area contributed by atoms with Gasteiger partial charge in [0.15, 0.2) is 0 Å². The lowest BCUT2D eigenvalue weighted by atomic mass is 9.97. The highest BCUT2D eigenvalue weighted by atomic mass is 16.3. The topological polar surface area (TPSA) is 32.3 Å². The lowest BCUT2D eigenvalue weighted by molar-refractivity contribution is 0.281. The SMILES string of the molecule is CC(C)CC(NCCCO)c1ccccc1. The van der Waals surface area contributed by atoms with Gasteiger partial charge in [0.05, 0.1) is 0 Å². The zero-order valence-electron chi connectivity index (χ0n) is 10.3. The van der Waals surface area contributed by atoms with Gasteiger partial charge >= 0.3 is 0 Å². The van der Waals surface area contributed by atoms with E-state index in [1.54, 1.807) is 0 Å². The lowest BCUT2D eigenvalue weighted by Crippen LogP contribution is -2.24. The maximum absolute atomic E-state index is 8.79. The minimum absolute atomic E-state index is 0.260. The zero-order chi connectivity index (χ0) is 11.8. The van der Waals surface area contributed by atoms with Crippen LogP contribution in [0.3, 0.4) is 0 Å². The van der Waals surface area contributed by atoms with Gasteiger partial charge in [-0.3, -0.25) is 0 Å². The van der Waals surface area contributed by atoms with Crippen molar-refractivity contribution in [3.8, 4) is 0 Å². The summed E-state index contributed by atoms with van der Waals surface area (Å²) in [5.41, 5.74) is 1.34. The molecule has 0 saturated carbocycles. The van der Waals surface area contributed by atoms with E-state index in [1.165, 1.54) is 5.56 Å². The monoisotopic (exact) mass is 221 g/mol. The van der Waals surface area contributed by atoms with Gasteiger partial charge in [-0.1, -0.05) is 44.2 Å². The molecule has 16 heavy (non-hydrogen) atoms. The molecule has 0 heterocycles. The van der Waals surface area contributed by atoms with Crippen molar-refractivity contribution < 1.29 is 5.11 Å². The van der Waals surface area contributed by atoms with E-state index in [-0.39, 0.29) is 6.61 Å². The van der Waals surface area contributed by atoms with Crippen LogP contribution in [0, 0.1) is 5.92 Å². The standard InChI is InChI=1S/C14H23NO/c1-12(2)11-14(15-9-6-10-16)13-7-4-3-5-8-13/h3-5,7-8,12,14-16H,6,9-11H2,1-2H3. The summed E-state index contributed by atoms with van der Waals surface area (Å²) in [6.45, 7) is 5.62. The van der Waals surface area contributed by atoms with Crippen LogP contribution in [-0.4, -0.2) is 18.3 Å². The first-order valence-electron chi connectivity index (χ1n) is 6.13. The number of nitrogens with one attached hydrogen (secondary N) is 1. The van der Waals surface area contributed by atoms with Gasteiger partial charge in [0.2, 0.25) is 0 Å². The molecule has 0 amide bonds. The third-order valence-corrected chi connectivity index (χ3v) is 2.63. The summed E-state index contributed by atoms with van der Waals surface area (Å²) in [6.07, 6.45) is 1.96. The van der Waals surface area contributed by atoms with Gasteiger partial charge in [0.1, 0.15) is 0 Å². The lowest BCUT2D eigenvalue weighted by Gasteiger charge is -2.21. The summed E-state index contributed by atoms with van der Waals surface area (Å²) in [7, 11) is 0. The Balaban J connectivity index is 2.56. The molecule has 0 saturated heterocycles. The van der Waals surface area contributed by atoms with Crippen molar-refractivity contribution in [3.05, 3.63) is 35.9 Å². The van der Waals surface area contributed by atoms with Gasteiger partial charge in [-0.2, -0.15) is 0 Å². The first-order chi connectivity index (χ1) is 7.74. The van der Waals surface area contributed by atoms with Crippen molar-refractivity contribution in [3.63, 3.8) is 0 Å². The van der Waals surface area contributed by atoms with Crippen molar-refractivity contribution in [1.82, 2.24) is 5.32 Å². The van der Waals surface area contributed by atoms with E-state index in [2.05, 4.69) is 43.4 Å². The van der Waals surface area contributed by atoms with E-state index in [1.807, 2.05) is 6.07 Å². The van der Waals surface area contributed by atoms with Gasteiger partial charge in [0.25, 0.3) is 0 Å². The molecule has 0 aliphatic carbocycles. The Morgan fingerprint density at radius 2 is 1.88 bits per heavy atom. The maximum atomic E-state index is 8.79. The van der Waals surface area contributed by atoms with Crippen molar-refractivity contribution in [2.24, 2.45) is 5.92 Å². The number of benzene rings is 1. The molecule has 0 aliphatic rings. The fourth-order valence-corrected chi connectivity index (χ4v) is 1.85. The second kappa shape index (κ2) is 7.42. The molecule has 1 aromatic rings. The summed E-state index contributed by atoms with van der Waals surface area (Å²) in [4.78, 5) is 0. The molecule has 0 bridgehead atoms. The molecular weight excluding hydrogens is 198 g/mol. The number of aliphatic hydroxyl groups excluding tert-OH is 1. The molecule has 1 rings (SSSR count). The van der Waals surface area contributed by atoms with Gasteiger partial charge in [-0.25, -0.2) is 0 Å². The van der Waals surface area contributed by atoms with Crippen LogP contribution in [0.2, 0.25) is 0 Å². The molecule has 90 valence electrons. The van der Waals surface area contributed by atoms with Crippen LogP contribution in [0.1, 0.15) is 38.3 Å². The Morgan fingerprint density at radius 1 is 1.19 bits per heavy atom. The molecule has 1 aromatic carbocycles. The van der Waals surface area contributed by atoms with Crippen LogP contribution in [0.25, 0.3) is 0 Å². The molecule has 0 fully saturated rings. The summed E-state index contributed by atoms with van der Waals surface area (Å²) < 4.78 is 0. The molecular formula is C14H23NO. The van der Waals surface area contributed by atoms with E-state index >= 15 is 0 Å².